The van der Waals surface area contributed by atoms with Crippen molar-refractivity contribution in [1.82, 2.24) is 15.3 Å². The van der Waals surface area contributed by atoms with Crippen LogP contribution in [-0.2, 0) is 0 Å². The standard InChI is InChI=1S/C21H24N4O2/c1-15(26)17-8-5-9-18(14-17)24-21-23-13-11-19(25-21)20(27)22-12-10-16-6-3-2-4-7-16/h5-6,8-9,11,13-14H,2-4,7,10,12H2,1H3,(H,22,27)(H,23,24,25). The van der Waals surface area contributed by atoms with Crippen LogP contribution in [-0.4, -0.2) is 28.2 Å². The van der Waals surface area contributed by atoms with Crippen LogP contribution in [0.15, 0.2) is 48.2 Å². The number of nitrogens with zero attached hydrogens (tertiary/aromatic N) is 2. The summed E-state index contributed by atoms with van der Waals surface area (Å²) in [5, 5.41) is 5.96. The molecule has 3 rings (SSSR count). The van der Waals surface area contributed by atoms with Crippen LogP contribution in [0.1, 0.15) is 59.9 Å². The molecule has 0 atom stereocenters. The highest BCUT2D eigenvalue weighted by molar-refractivity contribution is 5.95. The first kappa shape index (κ1) is 18.8. The smallest absolute Gasteiger partial charge is 0.270 e. The third kappa shape index (κ3) is 5.48. The van der Waals surface area contributed by atoms with E-state index < -0.39 is 0 Å². The van der Waals surface area contributed by atoms with E-state index in [2.05, 4.69) is 26.7 Å². The van der Waals surface area contributed by atoms with Crippen LogP contribution in [0.2, 0.25) is 0 Å². The average molecular weight is 364 g/mol. The number of aromatic nitrogens is 2. The summed E-state index contributed by atoms with van der Waals surface area (Å²) in [6.45, 7) is 2.13. The predicted octanol–water partition coefficient (Wildman–Crippen LogP) is 4.04. The van der Waals surface area contributed by atoms with Crippen molar-refractivity contribution in [2.75, 3.05) is 11.9 Å². The highest BCUT2D eigenvalue weighted by atomic mass is 16.1. The second-order valence-corrected chi connectivity index (χ2v) is 6.64. The molecule has 0 unspecified atom stereocenters. The van der Waals surface area contributed by atoms with Crippen LogP contribution in [0.25, 0.3) is 0 Å². The number of carbonyl (C=O) groups excluding carboxylic acids is 2. The molecule has 1 aromatic carbocycles. The summed E-state index contributed by atoms with van der Waals surface area (Å²) in [5.41, 5.74) is 3.04. The summed E-state index contributed by atoms with van der Waals surface area (Å²) in [6, 6.07) is 8.68. The molecule has 6 nitrogen and oxygen atoms in total. The predicted molar refractivity (Wildman–Crippen MR) is 105 cm³/mol. The molecule has 0 saturated carbocycles. The Morgan fingerprint density at radius 3 is 2.85 bits per heavy atom. The first-order chi connectivity index (χ1) is 13.1. The first-order valence-electron chi connectivity index (χ1n) is 9.29. The minimum Gasteiger partial charge on any atom is -0.350 e. The fourth-order valence-electron chi connectivity index (χ4n) is 3.05. The highest BCUT2D eigenvalue weighted by Crippen LogP contribution is 2.19. The second-order valence-electron chi connectivity index (χ2n) is 6.64. The van der Waals surface area contributed by atoms with Crippen LogP contribution >= 0.6 is 0 Å². The molecule has 0 spiro atoms. The molecule has 1 aromatic heterocycles. The van der Waals surface area contributed by atoms with Crippen LogP contribution < -0.4 is 10.6 Å². The Bertz CT molecular complexity index is 861. The molecule has 0 saturated heterocycles. The fourth-order valence-corrected chi connectivity index (χ4v) is 3.05. The van der Waals surface area contributed by atoms with E-state index in [1.54, 1.807) is 30.5 Å². The van der Waals surface area contributed by atoms with Gasteiger partial charge in [0.2, 0.25) is 5.95 Å². The molecule has 1 amide bonds. The topological polar surface area (TPSA) is 84.0 Å². The number of anilines is 2. The van der Waals surface area contributed by atoms with Gasteiger partial charge in [-0.1, -0.05) is 23.8 Å². The minimum atomic E-state index is -0.214. The number of Topliss-reactive ketones (excluding diaryl/α,β-unsaturated/α-hetero) is 1. The van der Waals surface area contributed by atoms with E-state index in [4.69, 9.17) is 0 Å². The molecule has 6 heteroatoms. The number of carbonyl (C=O) groups is 2. The number of hydrogen-bond acceptors (Lipinski definition) is 5. The fraction of sp³-hybridized carbons (Fsp3) is 0.333. The van der Waals surface area contributed by atoms with Gasteiger partial charge in [-0.25, -0.2) is 9.97 Å². The van der Waals surface area contributed by atoms with Gasteiger partial charge in [-0.2, -0.15) is 0 Å². The van der Waals surface area contributed by atoms with E-state index >= 15 is 0 Å². The third-order valence-corrected chi connectivity index (χ3v) is 4.53. The van der Waals surface area contributed by atoms with Gasteiger partial charge in [-0.15, -0.1) is 0 Å². The maximum absolute atomic E-state index is 12.3. The Morgan fingerprint density at radius 1 is 1.19 bits per heavy atom. The van der Waals surface area contributed by atoms with E-state index in [1.807, 2.05) is 6.07 Å². The second kappa shape index (κ2) is 9.07. The molecule has 0 fully saturated rings. The van der Waals surface area contributed by atoms with Gasteiger partial charge in [-0.3, -0.25) is 9.59 Å². The van der Waals surface area contributed by atoms with Gasteiger partial charge in [0.1, 0.15) is 5.69 Å². The zero-order chi connectivity index (χ0) is 19.1. The van der Waals surface area contributed by atoms with Crippen molar-refractivity contribution in [2.24, 2.45) is 0 Å². The Morgan fingerprint density at radius 2 is 2.07 bits per heavy atom. The van der Waals surface area contributed by atoms with Crippen LogP contribution in [0.4, 0.5) is 11.6 Å². The number of nitrogens with one attached hydrogen (secondary N) is 2. The van der Waals surface area contributed by atoms with Crippen molar-refractivity contribution in [3.8, 4) is 0 Å². The molecule has 1 aliphatic carbocycles. The van der Waals surface area contributed by atoms with Crippen LogP contribution in [0.5, 0.6) is 0 Å². The Hall–Kier alpha value is -3.02. The molecule has 2 aromatic rings. The molecule has 0 aliphatic heterocycles. The van der Waals surface area contributed by atoms with E-state index in [9.17, 15) is 9.59 Å². The van der Waals surface area contributed by atoms with Gasteiger partial charge >= 0.3 is 0 Å². The normalized spacial score (nSPS) is 13.6. The molecule has 1 heterocycles. The number of ketones is 1. The Kier molecular flexibility index (Phi) is 6.30. The molecular weight excluding hydrogens is 340 g/mol. The minimum absolute atomic E-state index is 0.0132. The van der Waals surface area contributed by atoms with Crippen LogP contribution in [0.3, 0.4) is 0 Å². The molecule has 0 bridgehead atoms. The highest BCUT2D eigenvalue weighted by Gasteiger charge is 2.10. The maximum atomic E-state index is 12.3. The molecular formula is C21H24N4O2. The largest absolute Gasteiger partial charge is 0.350 e. The van der Waals surface area contributed by atoms with E-state index in [-0.39, 0.29) is 11.7 Å². The lowest BCUT2D eigenvalue weighted by atomic mass is 9.97. The lowest BCUT2D eigenvalue weighted by Crippen LogP contribution is -2.26. The van der Waals surface area contributed by atoms with E-state index in [0.29, 0.717) is 29.4 Å². The van der Waals surface area contributed by atoms with Gasteiger partial charge < -0.3 is 10.6 Å². The summed E-state index contributed by atoms with van der Waals surface area (Å²) >= 11 is 0. The number of benzene rings is 1. The first-order valence-corrected chi connectivity index (χ1v) is 9.29. The average Bonchev–Trinajstić information content (AvgIpc) is 2.69. The summed E-state index contributed by atoms with van der Waals surface area (Å²) in [7, 11) is 0. The maximum Gasteiger partial charge on any atom is 0.270 e. The zero-order valence-corrected chi connectivity index (χ0v) is 15.5. The van der Waals surface area contributed by atoms with Crippen molar-refractivity contribution in [3.05, 3.63) is 59.4 Å². The monoisotopic (exact) mass is 364 g/mol. The number of allylic oxidation sites excluding steroid dienone is 1. The number of hydrogen-bond donors (Lipinski definition) is 2. The van der Waals surface area contributed by atoms with Crippen molar-refractivity contribution < 1.29 is 9.59 Å². The lowest BCUT2D eigenvalue weighted by molar-refractivity contribution is 0.0948. The van der Waals surface area contributed by atoms with Gasteiger partial charge in [0.25, 0.3) is 5.91 Å². The van der Waals surface area contributed by atoms with E-state index in [1.165, 1.54) is 25.3 Å². The quantitative estimate of drug-likeness (QED) is 0.572. The molecule has 1 aliphatic rings. The molecule has 2 N–H and O–H groups in total. The summed E-state index contributed by atoms with van der Waals surface area (Å²) in [5.74, 6) is 0.0912. The number of amides is 1. The summed E-state index contributed by atoms with van der Waals surface area (Å²) < 4.78 is 0. The van der Waals surface area contributed by atoms with Crippen molar-refractivity contribution >= 4 is 23.3 Å². The Balaban J connectivity index is 1.59. The summed E-state index contributed by atoms with van der Waals surface area (Å²) in [4.78, 5) is 32.3. The van der Waals surface area contributed by atoms with Crippen molar-refractivity contribution in [3.63, 3.8) is 0 Å². The molecule has 0 radical (unpaired) electrons. The SMILES string of the molecule is CC(=O)c1cccc(Nc2nccc(C(=O)NCCC3=CCCCC3)n2)c1. The van der Waals surface area contributed by atoms with Crippen molar-refractivity contribution in [2.45, 2.75) is 39.0 Å². The lowest BCUT2D eigenvalue weighted by Gasteiger charge is -2.13. The van der Waals surface area contributed by atoms with Gasteiger partial charge in [0.15, 0.2) is 5.78 Å². The molecule has 140 valence electrons. The van der Waals surface area contributed by atoms with Gasteiger partial charge in [0, 0.05) is 24.0 Å². The van der Waals surface area contributed by atoms with E-state index in [0.717, 1.165) is 19.3 Å². The third-order valence-electron chi connectivity index (χ3n) is 4.53. The molecule has 27 heavy (non-hydrogen) atoms. The van der Waals surface area contributed by atoms with Crippen LogP contribution in [0, 0.1) is 0 Å². The summed E-state index contributed by atoms with van der Waals surface area (Å²) in [6.07, 6.45) is 9.51. The number of rotatable bonds is 7. The van der Waals surface area contributed by atoms with Crippen molar-refractivity contribution in [1.29, 1.82) is 0 Å². The van der Waals surface area contributed by atoms with Gasteiger partial charge in [0.05, 0.1) is 0 Å². The van der Waals surface area contributed by atoms with Gasteiger partial charge in [-0.05, 0) is 57.2 Å². The Labute approximate surface area is 159 Å². The zero-order valence-electron chi connectivity index (χ0n) is 15.5.